The topological polar surface area (TPSA) is 91.6 Å². The molecule has 3 aliphatic heterocycles. The van der Waals surface area contributed by atoms with Crippen LogP contribution in [0.3, 0.4) is 0 Å². The van der Waals surface area contributed by atoms with E-state index in [0.717, 1.165) is 16.7 Å². The number of hydrogen-bond donors (Lipinski definition) is 3. The average molecular weight is 462 g/mol. The number of phenols is 3. The molecule has 0 radical (unpaired) electrons. The summed E-state index contributed by atoms with van der Waals surface area (Å²) in [6.07, 6.45) is -1.60. The van der Waals surface area contributed by atoms with E-state index in [1.807, 2.05) is 39.0 Å². The lowest BCUT2D eigenvalue weighted by atomic mass is 9.93. The monoisotopic (exact) mass is 461 g/mol. The molecule has 0 saturated carbocycles. The quantitative estimate of drug-likeness (QED) is 0.538. The predicted octanol–water partition coefficient (Wildman–Crippen LogP) is 4.22. The molecule has 0 spiro atoms. The maximum Gasteiger partial charge on any atom is 0.149 e. The highest BCUT2D eigenvalue weighted by atomic mass is 16.7. The van der Waals surface area contributed by atoms with Gasteiger partial charge < -0.3 is 29.5 Å². The van der Waals surface area contributed by atoms with Crippen LogP contribution >= 0.6 is 0 Å². The van der Waals surface area contributed by atoms with Crippen molar-refractivity contribution in [3.63, 3.8) is 0 Å². The molecular weight excluding hydrogens is 434 g/mol. The van der Waals surface area contributed by atoms with E-state index in [1.54, 1.807) is 54.6 Å². The first-order chi connectivity index (χ1) is 16.1. The van der Waals surface area contributed by atoms with Crippen LogP contribution in [0.2, 0.25) is 0 Å². The second-order valence-electron chi connectivity index (χ2n) is 9.83. The third-order valence-electron chi connectivity index (χ3n) is 7.55. The Kier molecular flexibility index (Phi) is 4.39. The molecule has 176 valence electrons. The maximum absolute atomic E-state index is 10.2. The summed E-state index contributed by atoms with van der Waals surface area (Å²) in [7, 11) is 0. The Bertz CT molecular complexity index is 1130. The van der Waals surface area contributed by atoms with Crippen LogP contribution in [0.15, 0.2) is 72.8 Å². The Morgan fingerprint density at radius 1 is 0.559 bits per heavy atom. The summed E-state index contributed by atoms with van der Waals surface area (Å²) in [6, 6.07) is 21.0. The van der Waals surface area contributed by atoms with E-state index < -0.39 is 35.5 Å². The van der Waals surface area contributed by atoms with Gasteiger partial charge in [0.25, 0.3) is 0 Å². The van der Waals surface area contributed by atoms with Gasteiger partial charge in [0.15, 0.2) is 0 Å². The Morgan fingerprint density at radius 2 is 0.853 bits per heavy atom. The van der Waals surface area contributed by atoms with Crippen LogP contribution in [-0.2, 0) is 31.0 Å². The molecule has 0 bridgehead atoms. The van der Waals surface area contributed by atoms with E-state index >= 15 is 0 Å². The zero-order valence-electron chi connectivity index (χ0n) is 19.2. The van der Waals surface area contributed by atoms with Gasteiger partial charge in [-0.25, -0.2) is 4.90 Å². The van der Waals surface area contributed by atoms with Gasteiger partial charge >= 0.3 is 0 Å². The van der Waals surface area contributed by atoms with Gasteiger partial charge in [-0.1, -0.05) is 36.4 Å². The smallest absolute Gasteiger partial charge is 0.149 e. The number of aromatic hydroxyl groups is 3. The van der Waals surface area contributed by atoms with Gasteiger partial charge in [-0.2, -0.15) is 0 Å². The fourth-order valence-electron chi connectivity index (χ4n) is 5.69. The Labute approximate surface area is 197 Å². The van der Waals surface area contributed by atoms with E-state index in [-0.39, 0.29) is 17.2 Å². The average Bonchev–Trinajstić information content (AvgIpc) is 3.39. The van der Waals surface area contributed by atoms with Gasteiger partial charge in [0, 0.05) is 0 Å². The molecule has 0 amide bonds. The van der Waals surface area contributed by atoms with Crippen molar-refractivity contribution in [1.82, 2.24) is 4.90 Å². The molecule has 6 atom stereocenters. The molecule has 0 aromatic heterocycles. The summed E-state index contributed by atoms with van der Waals surface area (Å²) in [5.41, 5.74) is -0.411. The molecule has 3 aromatic rings. The zero-order valence-corrected chi connectivity index (χ0v) is 19.2. The molecule has 3 N–H and O–H groups in total. The van der Waals surface area contributed by atoms with Crippen LogP contribution in [0.4, 0.5) is 0 Å². The molecule has 7 heteroatoms. The van der Waals surface area contributed by atoms with Crippen LogP contribution in [0.25, 0.3) is 0 Å². The summed E-state index contributed by atoms with van der Waals surface area (Å²) < 4.78 is 20.2. The molecule has 3 heterocycles. The normalized spacial score (nSPS) is 36.6. The lowest BCUT2D eigenvalue weighted by molar-refractivity contribution is -0.138. The molecule has 34 heavy (non-hydrogen) atoms. The SMILES string of the molecule is C[C@@]1(c2cccc(O)c2)O[C@H]2N3[C@@H]1O[C@](C)(c1cccc(O)c1)[C@H]3O[C@@]2(C)c1cccc(O)c1. The van der Waals surface area contributed by atoms with Gasteiger partial charge in [-0.05, 0) is 73.9 Å². The highest BCUT2D eigenvalue weighted by Gasteiger charge is 2.73. The van der Waals surface area contributed by atoms with Crippen LogP contribution in [0.1, 0.15) is 37.5 Å². The Balaban J connectivity index is 1.53. The standard InChI is InChI=1S/C27H27NO6/c1-25(16-7-4-10-19(29)13-16)22-28-23(32-25)26(2,17-8-5-11-20(30)14-17)34-24(28)27(3,33-22)18-9-6-12-21(31)15-18/h4-15,22-24,29-31H,1-3H3/t22-,23-,24-,25-,26+,27+/m1/s1. The van der Waals surface area contributed by atoms with Crippen molar-refractivity contribution < 1.29 is 29.5 Å². The number of benzene rings is 3. The Hall–Kier alpha value is -3.10. The zero-order chi connectivity index (χ0) is 23.9. The maximum atomic E-state index is 10.2. The first-order valence-corrected chi connectivity index (χ1v) is 11.3. The molecule has 3 fully saturated rings. The van der Waals surface area contributed by atoms with E-state index in [1.165, 1.54) is 0 Å². The predicted molar refractivity (Wildman–Crippen MR) is 123 cm³/mol. The molecule has 3 aromatic carbocycles. The lowest BCUT2D eigenvalue weighted by Crippen LogP contribution is -2.40. The van der Waals surface area contributed by atoms with Crippen molar-refractivity contribution in [2.75, 3.05) is 0 Å². The van der Waals surface area contributed by atoms with Gasteiger partial charge in [0.05, 0.1) is 0 Å². The van der Waals surface area contributed by atoms with Gasteiger partial charge in [-0.15, -0.1) is 0 Å². The number of rotatable bonds is 3. The van der Waals surface area contributed by atoms with E-state index in [9.17, 15) is 15.3 Å². The molecule has 0 unspecified atom stereocenters. The van der Waals surface area contributed by atoms with Gasteiger partial charge in [0.1, 0.15) is 52.7 Å². The molecule has 0 aliphatic carbocycles. The number of ether oxygens (including phenoxy) is 3. The highest BCUT2D eigenvalue weighted by Crippen LogP contribution is 2.61. The first-order valence-electron chi connectivity index (χ1n) is 11.3. The Morgan fingerprint density at radius 3 is 1.12 bits per heavy atom. The van der Waals surface area contributed by atoms with Crippen molar-refractivity contribution >= 4 is 0 Å². The lowest BCUT2D eigenvalue weighted by Gasteiger charge is -2.33. The van der Waals surface area contributed by atoms with Gasteiger partial charge in [-0.3, -0.25) is 0 Å². The summed E-state index contributed by atoms with van der Waals surface area (Å²) >= 11 is 0. The minimum absolute atomic E-state index is 0.145. The van der Waals surface area contributed by atoms with Crippen molar-refractivity contribution in [3.8, 4) is 17.2 Å². The summed E-state index contributed by atoms with van der Waals surface area (Å²) in [5, 5.41) is 30.6. The van der Waals surface area contributed by atoms with Crippen LogP contribution in [-0.4, -0.2) is 38.9 Å². The van der Waals surface area contributed by atoms with Crippen molar-refractivity contribution in [2.45, 2.75) is 56.3 Å². The van der Waals surface area contributed by atoms with Gasteiger partial charge in [0.2, 0.25) is 0 Å². The minimum atomic E-state index is -0.919. The third kappa shape index (κ3) is 2.78. The van der Waals surface area contributed by atoms with Crippen LogP contribution in [0, 0.1) is 0 Å². The van der Waals surface area contributed by atoms with Crippen LogP contribution in [0.5, 0.6) is 17.2 Å². The summed E-state index contributed by atoms with van der Waals surface area (Å²) in [6.45, 7) is 5.87. The molecule has 7 nitrogen and oxygen atoms in total. The second-order valence-corrected chi connectivity index (χ2v) is 9.83. The number of nitrogens with zero attached hydrogens (tertiary/aromatic N) is 1. The summed E-state index contributed by atoms with van der Waals surface area (Å²) in [4.78, 5) is 2.10. The van der Waals surface area contributed by atoms with E-state index in [4.69, 9.17) is 14.2 Å². The first kappa shape index (κ1) is 21.4. The third-order valence-corrected chi connectivity index (χ3v) is 7.55. The van der Waals surface area contributed by atoms with Crippen molar-refractivity contribution in [1.29, 1.82) is 0 Å². The highest BCUT2D eigenvalue weighted by molar-refractivity contribution is 5.39. The van der Waals surface area contributed by atoms with E-state index in [0.29, 0.717) is 0 Å². The molecule has 3 saturated heterocycles. The van der Waals surface area contributed by atoms with E-state index in [2.05, 4.69) is 4.90 Å². The van der Waals surface area contributed by atoms with Crippen molar-refractivity contribution in [3.05, 3.63) is 89.5 Å². The fourth-order valence-corrected chi connectivity index (χ4v) is 5.69. The molecular formula is C27H27NO6. The number of hydrogen-bond acceptors (Lipinski definition) is 7. The summed E-state index contributed by atoms with van der Waals surface area (Å²) in [5.74, 6) is 0.435. The fraction of sp³-hybridized carbons (Fsp3) is 0.333. The molecule has 3 aliphatic rings. The van der Waals surface area contributed by atoms with Crippen molar-refractivity contribution in [2.24, 2.45) is 0 Å². The number of phenolic OH excluding ortho intramolecular Hbond substituents is 3. The van der Waals surface area contributed by atoms with Crippen LogP contribution < -0.4 is 0 Å². The minimum Gasteiger partial charge on any atom is -0.508 e. The molecule has 6 rings (SSSR count). The largest absolute Gasteiger partial charge is 0.508 e. The second kappa shape index (κ2) is 6.96.